The predicted molar refractivity (Wildman–Crippen MR) is 115 cm³/mol. The van der Waals surface area contributed by atoms with Gasteiger partial charge in [0.1, 0.15) is 0 Å². The summed E-state index contributed by atoms with van der Waals surface area (Å²) in [6.07, 6.45) is 2.48. The standard InChI is InChI=1S/C24H33N3O/c1-3-26(4-2)19-20-12-14-22(15-13-20)24(28)25-18-23(27-16-8-9-17-27)21-10-6-5-7-11-21/h5-7,10-15,23H,3-4,8-9,16-19H2,1-2H3,(H,25,28). The number of carbonyl (C=O) groups is 1. The van der Waals surface area contributed by atoms with E-state index in [-0.39, 0.29) is 11.9 Å². The van der Waals surface area contributed by atoms with Crippen LogP contribution in [-0.4, -0.2) is 48.4 Å². The average molecular weight is 380 g/mol. The second-order valence-corrected chi connectivity index (χ2v) is 7.54. The Hall–Kier alpha value is -2.17. The molecule has 1 heterocycles. The third-order valence-corrected chi connectivity index (χ3v) is 5.74. The molecule has 1 aliphatic heterocycles. The maximum atomic E-state index is 12.7. The van der Waals surface area contributed by atoms with Crippen LogP contribution in [0.15, 0.2) is 54.6 Å². The lowest BCUT2D eigenvalue weighted by Crippen LogP contribution is -2.36. The van der Waals surface area contributed by atoms with Crippen LogP contribution < -0.4 is 5.32 Å². The van der Waals surface area contributed by atoms with Gasteiger partial charge in [0.2, 0.25) is 0 Å². The largest absolute Gasteiger partial charge is 0.350 e. The number of benzene rings is 2. The maximum Gasteiger partial charge on any atom is 0.251 e. The van der Waals surface area contributed by atoms with Crippen LogP contribution in [0.3, 0.4) is 0 Å². The van der Waals surface area contributed by atoms with E-state index in [2.05, 4.69) is 65.4 Å². The van der Waals surface area contributed by atoms with Gasteiger partial charge in [-0.3, -0.25) is 14.6 Å². The molecule has 0 spiro atoms. The molecule has 1 amide bonds. The molecule has 0 aliphatic carbocycles. The molecule has 1 unspecified atom stereocenters. The highest BCUT2D eigenvalue weighted by Gasteiger charge is 2.23. The average Bonchev–Trinajstić information content (AvgIpc) is 3.28. The van der Waals surface area contributed by atoms with E-state index >= 15 is 0 Å². The lowest BCUT2D eigenvalue weighted by Gasteiger charge is -2.28. The van der Waals surface area contributed by atoms with E-state index < -0.39 is 0 Å². The van der Waals surface area contributed by atoms with E-state index in [1.807, 2.05) is 18.2 Å². The number of likely N-dealkylation sites (tertiary alicyclic amines) is 1. The van der Waals surface area contributed by atoms with Gasteiger partial charge < -0.3 is 5.32 Å². The van der Waals surface area contributed by atoms with Crippen molar-refractivity contribution in [3.63, 3.8) is 0 Å². The van der Waals surface area contributed by atoms with E-state index in [4.69, 9.17) is 0 Å². The molecule has 0 radical (unpaired) electrons. The fraction of sp³-hybridized carbons (Fsp3) is 0.458. The summed E-state index contributed by atoms with van der Waals surface area (Å²) in [6, 6.07) is 18.8. The van der Waals surface area contributed by atoms with Crippen LogP contribution >= 0.6 is 0 Å². The van der Waals surface area contributed by atoms with Crippen LogP contribution in [0.5, 0.6) is 0 Å². The second-order valence-electron chi connectivity index (χ2n) is 7.54. The first-order valence-corrected chi connectivity index (χ1v) is 10.6. The van der Waals surface area contributed by atoms with Crippen molar-refractivity contribution in [2.24, 2.45) is 0 Å². The van der Waals surface area contributed by atoms with Gasteiger partial charge in [-0.15, -0.1) is 0 Å². The van der Waals surface area contributed by atoms with Gasteiger partial charge in [-0.25, -0.2) is 0 Å². The van der Waals surface area contributed by atoms with E-state index in [0.717, 1.165) is 38.3 Å². The molecular weight excluding hydrogens is 346 g/mol. The Balaban J connectivity index is 1.61. The van der Waals surface area contributed by atoms with Gasteiger partial charge in [-0.2, -0.15) is 0 Å². The molecule has 0 bridgehead atoms. The van der Waals surface area contributed by atoms with Crippen molar-refractivity contribution in [2.75, 3.05) is 32.7 Å². The Morgan fingerprint density at radius 2 is 1.64 bits per heavy atom. The van der Waals surface area contributed by atoms with E-state index in [1.165, 1.54) is 24.0 Å². The minimum absolute atomic E-state index is 0.00881. The number of nitrogens with zero attached hydrogens (tertiary/aromatic N) is 2. The summed E-state index contributed by atoms with van der Waals surface area (Å²) in [6.45, 7) is 10.2. The smallest absolute Gasteiger partial charge is 0.251 e. The number of amides is 1. The molecule has 28 heavy (non-hydrogen) atoms. The molecule has 2 aromatic carbocycles. The van der Waals surface area contributed by atoms with Crippen molar-refractivity contribution < 1.29 is 4.79 Å². The molecule has 2 aromatic rings. The SMILES string of the molecule is CCN(CC)Cc1ccc(C(=O)NCC(c2ccccc2)N2CCCC2)cc1. The summed E-state index contributed by atoms with van der Waals surface area (Å²) >= 11 is 0. The summed E-state index contributed by atoms with van der Waals surface area (Å²) in [7, 11) is 0. The van der Waals surface area contributed by atoms with Crippen LogP contribution in [0.25, 0.3) is 0 Å². The summed E-state index contributed by atoms with van der Waals surface area (Å²) in [4.78, 5) is 17.6. The molecular formula is C24H33N3O. The molecule has 4 heteroatoms. The highest BCUT2D eigenvalue weighted by molar-refractivity contribution is 5.94. The first-order chi connectivity index (χ1) is 13.7. The summed E-state index contributed by atoms with van der Waals surface area (Å²) in [5.74, 6) is 0.00881. The normalized spacial score (nSPS) is 15.7. The van der Waals surface area contributed by atoms with Crippen molar-refractivity contribution in [1.29, 1.82) is 0 Å². The summed E-state index contributed by atoms with van der Waals surface area (Å²) in [5, 5.41) is 3.17. The highest BCUT2D eigenvalue weighted by atomic mass is 16.1. The molecule has 1 atom stereocenters. The minimum Gasteiger partial charge on any atom is -0.350 e. The molecule has 1 fully saturated rings. The lowest BCUT2D eigenvalue weighted by atomic mass is 10.1. The van der Waals surface area contributed by atoms with E-state index in [9.17, 15) is 4.79 Å². The van der Waals surface area contributed by atoms with Gasteiger partial charge in [0.25, 0.3) is 5.91 Å². The van der Waals surface area contributed by atoms with Crippen molar-refractivity contribution >= 4 is 5.91 Å². The quantitative estimate of drug-likeness (QED) is 0.713. The monoisotopic (exact) mass is 379 g/mol. The lowest BCUT2D eigenvalue weighted by molar-refractivity contribution is 0.0938. The van der Waals surface area contributed by atoms with Crippen LogP contribution in [0.1, 0.15) is 54.2 Å². The van der Waals surface area contributed by atoms with Crippen molar-refractivity contribution in [3.8, 4) is 0 Å². The van der Waals surface area contributed by atoms with Crippen LogP contribution in [0.4, 0.5) is 0 Å². The Morgan fingerprint density at radius 3 is 2.25 bits per heavy atom. The Bertz CT molecular complexity index is 719. The van der Waals surface area contributed by atoms with Gasteiger partial charge >= 0.3 is 0 Å². The predicted octanol–water partition coefficient (Wildman–Crippen LogP) is 4.10. The Labute approximate surface area is 169 Å². The highest BCUT2D eigenvalue weighted by Crippen LogP contribution is 2.24. The molecule has 1 aliphatic rings. The second kappa shape index (κ2) is 10.4. The number of carbonyl (C=O) groups excluding carboxylic acids is 1. The Morgan fingerprint density at radius 1 is 1.00 bits per heavy atom. The van der Waals surface area contributed by atoms with E-state index in [0.29, 0.717) is 6.54 Å². The van der Waals surface area contributed by atoms with Gasteiger partial charge in [0.15, 0.2) is 0 Å². The molecule has 4 nitrogen and oxygen atoms in total. The van der Waals surface area contributed by atoms with Crippen LogP contribution in [0.2, 0.25) is 0 Å². The topological polar surface area (TPSA) is 35.6 Å². The molecule has 0 saturated carbocycles. The first-order valence-electron chi connectivity index (χ1n) is 10.6. The van der Waals surface area contributed by atoms with Gasteiger partial charge in [0, 0.05) is 18.7 Å². The minimum atomic E-state index is 0.00881. The molecule has 1 N–H and O–H groups in total. The van der Waals surface area contributed by atoms with E-state index in [1.54, 1.807) is 0 Å². The number of hydrogen-bond acceptors (Lipinski definition) is 3. The van der Waals surface area contributed by atoms with Gasteiger partial charge in [-0.1, -0.05) is 56.3 Å². The third kappa shape index (κ3) is 5.43. The maximum absolute atomic E-state index is 12.7. The number of hydrogen-bond donors (Lipinski definition) is 1. The molecule has 1 saturated heterocycles. The molecule has 3 rings (SSSR count). The third-order valence-electron chi connectivity index (χ3n) is 5.74. The van der Waals surface area contributed by atoms with Crippen LogP contribution in [0, 0.1) is 0 Å². The molecule has 150 valence electrons. The number of nitrogens with one attached hydrogen (secondary N) is 1. The van der Waals surface area contributed by atoms with Crippen molar-refractivity contribution in [2.45, 2.75) is 39.3 Å². The number of rotatable bonds is 9. The van der Waals surface area contributed by atoms with Crippen molar-refractivity contribution in [3.05, 3.63) is 71.3 Å². The molecule has 0 aromatic heterocycles. The zero-order valence-corrected chi connectivity index (χ0v) is 17.2. The zero-order chi connectivity index (χ0) is 19.8. The first kappa shape index (κ1) is 20.6. The van der Waals surface area contributed by atoms with Gasteiger partial charge in [-0.05, 0) is 62.3 Å². The fourth-order valence-corrected chi connectivity index (χ4v) is 3.94. The van der Waals surface area contributed by atoms with Crippen molar-refractivity contribution in [1.82, 2.24) is 15.1 Å². The summed E-state index contributed by atoms with van der Waals surface area (Å²) < 4.78 is 0. The Kier molecular flexibility index (Phi) is 7.63. The van der Waals surface area contributed by atoms with Crippen LogP contribution in [-0.2, 0) is 6.54 Å². The zero-order valence-electron chi connectivity index (χ0n) is 17.2. The summed E-state index contributed by atoms with van der Waals surface area (Å²) in [5.41, 5.74) is 3.26. The van der Waals surface area contributed by atoms with Gasteiger partial charge in [0.05, 0.1) is 6.04 Å². The fourth-order valence-electron chi connectivity index (χ4n) is 3.94.